The molecule has 1 atom stereocenters. The average molecular weight is 406 g/mol. The van der Waals surface area contributed by atoms with Crippen molar-refractivity contribution in [2.45, 2.75) is 33.6 Å². The van der Waals surface area contributed by atoms with E-state index < -0.39 is 20.6 Å². The fourth-order valence-corrected chi connectivity index (χ4v) is 5.99. The molecule has 0 aliphatic heterocycles. The predicted octanol–water partition coefficient (Wildman–Crippen LogP) is 4.35. The summed E-state index contributed by atoms with van der Waals surface area (Å²) in [4.78, 5) is 4.88. The highest BCUT2D eigenvalue weighted by atomic mass is 35.5. The third-order valence-electron chi connectivity index (χ3n) is 3.78. The van der Waals surface area contributed by atoms with Gasteiger partial charge in [0.1, 0.15) is 15.7 Å². The van der Waals surface area contributed by atoms with Gasteiger partial charge in [-0.25, -0.2) is 17.6 Å². The Morgan fingerprint density at radius 2 is 1.58 bits per heavy atom. The molecule has 0 fully saturated rings. The number of hydrogen-bond donors (Lipinski definition) is 0. The summed E-state index contributed by atoms with van der Waals surface area (Å²) in [7, 11) is -5.62. The minimum atomic E-state index is -3.86. The smallest absolute Gasteiger partial charge is 0.209 e. The minimum absolute atomic E-state index is 0.0115. The topological polar surface area (TPSA) is 64.1 Å². The number of aryl methyl sites for hydroxylation is 2. The van der Waals surface area contributed by atoms with E-state index in [1.807, 2.05) is 0 Å². The Hall–Kier alpha value is -2.02. The number of hydrogen-bond acceptors (Lipinski definition) is 4. The van der Waals surface area contributed by atoms with E-state index >= 15 is 0 Å². The van der Waals surface area contributed by atoms with Crippen LogP contribution in [0.2, 0.25) is 5.02 Å². The molecule has 0 aliphatic rings. The van der Waals surface area contributed by atoms with Gasteiger partial charge in [-0.05, 0) is 61.9 Å². The third-order valence-corrected chi connectivity index (χ3v) is 7.45. The molecule has 0 N–H and O–H groups in total. The maximum absolute atomic E-state index is 13.2. The maximum Gasteiger partial charge on any atom is 0.209 e. The third kappa shape index (κ3) is 3.58. The van der Waals surface area contributed by atoms with Gasteiger partial charge in [-0.1, -0.05) is 29.8 Å². The summed E-state index contributed by atoms with van der Waals surface area (Å²) in [5.41, 5.74) is 1.12. The standard InChI is InChI=1S/C19H16ClNO3S2/c1-13-12-14(2)21-19(25(22)16-10-8-15(20)9-11-16)18(13)26(23,24)17-6-4-3-5-7-17/h3-12H,1-2H3/t25-/m1/s1. The normalized spacial score (nSPS) is 12.7. The number of pyridine rings is 1. The second-order valence-electron chi connectivity index (χ2n) is 5.75. The second-order valence-corrected chi connectivity index (χ2v) is 9.47. The molecule has 3 aromatic rings. The molecule has 0 saturated carbocycles. The summed E-state index contributed by atoms with van der Waals surface area (Å²) in [6.45, 7) is 3.43. The first-order chi connectivity index (χ1) is 12.3. The van der Waals surface area contributed by atoms with Crippen LogP contribution in [0.3, 0.4) is 0 Å². The fraction of sp³-hybridized carbons (Fsp3) is 0.105. The van der Waals surface area contributed by atoms with E-state index in [0.717, 1.165) is 0 Å². The molecule has 1 heterocycles. The lowest BCUT2D eigenvalue weighted by molar-refractivity contribution is 0.590. The van der Waals surface area contributed by atoms with Gasteiger partial charge >= 0.3 is 0 Å². The highest BCUT2D eigenvalue weighted by Gasteiger charge is 2.28. The van der Waals surface area contributed by atoms with Gasteiger partial charge in [-0.2, -0.15) is 0 Å². The van der Waals surface area contributed by atoms with Crippen molar-refractivity contribution in [2.75, 3.05) is 0 Å². The molecule has 2 aromatic carbocycles. The lowest BCUT2D eigenvalue weighted by Crippen LogP contribution is -2.12. The molecule has 134 valence electrons. The quantitative estimate of drug-likeness (QED) is 0.647. The van der Waals surface area contributed by atoms with Crippen LogP contribution in [0, 0.1) is 13.8 Å². The van der Waals surface area contributed by atoms with E-state index in [-0.39, 0.29) is 14.8 Å². The summed E-state index contributed by atoms with van der Waals surface area (Å²) in [6.07, 6.45) is 0. The van der Waals surface area contributed by atoms with Crippen molar-refractivity contribution in [2.24, 2.45) is 0 Å². The van der Waals surface area contributed by atoms with E-state index in [1.165, 1.54) is 12.1 Å². The molecule has 26 heavy (non-hydrogen) atoms. The van der Waals surface area contributed by atoms with E-state index in [1.54, 1.807) is 62.4 Å². The van der Waals surface area contributed by atoms with E-state index in [9.17, 15) is 12.6 Å². The molecule has 0 unspecified atom stereocenters. The average Bonchev–Trinajstić information content (AvgIpc) is 2.61. The van der Waals surface area contributed by atoms with Crippen molar-refractivity contribution in [3.63, 3.8) is 0 Å². The largest absolute Gasteiger partial charge is 0.247 e. The van der Waals surface area contributed by atoms with Gasteiger partial charge in [0, 0.05) is 15.6 Å². The Morgan fingerprint density at radius 1 is 0.962 bits per heavy atom. The lowest BCUT2D eigenvalue weighted by atomic mass is 10.2. The zero-order chi connectivity index (χ0) is 18.9. The molecule has 0 bridgehead atoms. The molecular formula is C19H16ClNO3S2. The van der Waals surface area contributed by atoms with Crippen molar-refractivity contribution in [1.82, 2.24) is 4.98 Å². The molecule has 0 amide bonds. The number of sulfone groups is 1. The molecule has 7 heteroatoms. The Labute approximate surface area is 160 Å². The van der Waals surface area contributed by atoms with Crippen LogP contribution in [-0.2, 0) is 20.6 Å². The Kier molecular flexibility index (Phi) is 5.27. The molecule has 4 nitrogen and oxygen atoms in total. The van der Waals surface area contributed by atoms with E-state index in [0.29, 0.717) is 21.2 Å². The van der Waals surface area contributed by atoms with E-state index in [2.05, 4.69) is 4.98 Å². The minimum Gasteiger partial charge on any atom is -0.247 e. The number of halogens is 1. The summed E-state index contributed by atoms with van der Waals surface area (Å²) >= 11 is 5.89. The molecular weight excluding hydrogens is 390 g/mol. The summed E-state index contributed by atoms with van der Waals surface area (Å²) in [6, 6.07) is 16.2. The molecule has 1 aromatic heterocycles. The van der Waals surface area contributed by atoms with Crippen molar-refractivity contribution >= 4 is 32.2 Å². The van der Waals surface area contributed by atoms with Crippen LogP contribution >= 0.6 is 11.6 Å². The van der Waals surface area contributed by atoms with Crippen LogP contribution in [0.4, 0.5) is 0 Å². The maximum atomic E-state index is 13.2. The fourth-order valence-electron chi connectivity index (χ4n) is 2.63. The SMILES string of the molecule is Cc1cc(C)c(S(=O)(=O)c2ccccc2)c([S@](=O)c2ccc(Cl)cc2)n1. The van der Waals surface area contributed by atoms with Crippen LogP contribution in [0.1, 0.15) is 11.3 Å². The van der Waals surface area contributed by atoms with Gasteiger partial charge in [-0.3, -0.25) is 0 Å². The predicted molar refractivity (Wildman–Crippen MR) is 102 cm³/mol. The number of nitrogens with zero attached hydrogens (tertiary/aromatic N) is 1. The zero-order valence-electron chi connectivity index (χ0n) is 14.1. The highest BCUT2D eigenvalue weighted by molar-refractivity contribution is 7.92. The monoisotopic (exact) mass is 405 g/mol. The van der Waals surface area contributed by atoms with Crippen LogP contribution in [0.25, 0.3) is 0 Å². The van der Waals surface area contributed by atoms with Gasteiger partial charge in [0.15, 0.2) is 5.03 Å². The Balaban J connectivity index is 2.24. The van der Waals surface area contributed by atoms with E-state index in [4.69, 9.17) is 11.6 Å². The van der Waals surface area contributed by atoms with Crippen LogP contribution in [0.15, 0.2) is 80.4 Å². The van der Waals surface area contributed by atoms with Gasteiger partial charge in [-0.15, -0.1) is 0 Å². The van der Waals surface area contributed by atoms with Crippen LogP contribution in [0.5, 0.6) is 0 Å². The second kappa shape index (κ2) is 7.31. The Morgan fingerprint density at radius 3 is 2.19 bits per heavy atom. The van der Waals surface area contributed by atoms with Gasteiger partial charge in [0.2, 0.25) is 9.84 Å². The highest BCUT2D eigenvalue weighted by Crippen LogP contribution is 2.31. The van der Waals surface area contributed by atoms with Crippen LogP contribution < -0.4 is 0 Å². The van der Waals surface area contributed by atoms with Crippen molar-refractivity contribution in [1.29, 1.82) is 0 Å². The first-order valence-corrected chi connectivity index (χ1v) is 10.8. The summed E-state index contributed by atoms with van der Waals surface area (Å²) < 4.78 is 39.5. The van der Waals surface area contributed by atoms with Crippen LogP contribution in [-0.4, -0.2) is 17.6 Å². The molecule has 0 aliphatic carbocycles. The Bertz CT molecular complexity index is 1080. The summed E-state index contributed by atoms with van der Waals surface area (Å²) in [5, 5.41) is 0.546. The zero-order valence-corrected chi connectivity index (χ0v) is 16.5. The lowest BCUT2D eigenvalue weighted by Gasteiger charge is -2.14. The van der Waals surface area contributed by atoms with Crippen molar-refractivity contribution < 1.29 is 12.6 Å². The number of rotatable bonds is 4. The molecule has 0 saturated heterocycles. The van der Waals surface area contributed by atoms with Gasteiger partial charge < -0.3 is 0 Å². The molecule has 3 rings (SSSR count). The summed E-state index contributed by atoms with van der Waals surface area (Å²) in [5.74, 6) is 0. The van der Waals surface area contributed by atoms with Crippen molar-refractivity contribution in [3.8, 4) is 0 Å². The van der Waals surface area contributed by atoms with Gasteiger partial charge in [0.05, 0.1) is 4.90 Å². The number of aromatic nitrogens is 1. The first-order valence-electron chi connectivity index (χ1n) is 7.76. The van der Waals surface area contributed by atoms with Gasteiger partial charge in [0.25, 0.3) is 0 Å². The first kappa shape index (κ1) is 18.8. The number of benzene rings is 2. The molecule has 0 radical (unpaired) electrons. The van der Waals surface area contributed by atoms with Crippen molar-refractivity contribution in [3.05, 3.63) is 76.9 Å². The molecule has 0 spiro atoms.